The van der Waals surface area contributed by atoms with Crippen LogP contribution in [0.3, 0.4) is 0 Å². The van der Waals surface area contributed by atoms with Crippen molar-refractivity contribution >= 4 is 10.0 Å². The second-order valence-corrected chi connectivity index (χ2v) is 6.79. The molecule has 2 N–H and O–H groups in total. The summed E-state index contributed by atoms with van der Waals surface area (Å²) in [5, 5.41) is 8.96. The third-order valence-corrected chi connectivity index (χ3v) is 4.76. The van der Waals surface area contributed by atoms with Gasteiger partial charge in [-0.25, -0.2) is 17.5 Å². The second kappa shape index (κ2) is 7.00. The summed E-state index contributed by atoms with van der Waals surface area (Å²) in [6.45, 7) is 1.86. The van der Waals surface area contributed by atoms with Gasteiger partial charge >= 0.3 is 0 Å². The molecule has 0 spiro atoms. The molecular weight excluding hydrogens is 305 g/mol. The Morgan fingerprint density at radius 3 is 2.36 bits per heavy atom. The average Bonchev–Trinajstić information content (AvgIpc) is 2.50. The maximum Gasteiger partial charge on any atom is 0.243 e. The summed E-state index contributed by atoms with van der Waals surface area (Å²) in [6, 6.07) is 11.2. The third-order valence-electron chi connectivity index (χ3n) is 3.29. The van der Waals surface area contributed by atoms with Gasteiger partial charge in [-0.2, -0.15) is 0 Å². The van der Waals surface area contributed by atoms with Crippen molar-refractivity contribution in [1.29, 1.82) is 0 Å². The molecule has 0 saturated heterocycles. The zero-order valence-corrected chi connectivity index (χ0v) is 13.0. The van der Waals surface area contributed by atoms with Gasteiger partial charge in [0.15, 0.2) is 0 Å². The number of aliphatic hydroxyl groups excluding tert-OH is 1. The molecule has 0 aliphatic carbocycles. The number of aryl methyl sites for hydroxylation is 1. The average molecular weight is 323 g/mol. The first kappa shape index (κ1) is 16.6. The molecule has 0 unspecified atom stereocenters. The van der Waals surface area contributed by atoms with Crippen LogP contribution in [-0.4, -0.2) is 20.1 Å². The van der Waals surface area contributed by atoms with Gasteiger partial charge in [0, 0.05) is 6.54 Å². The number of hydrogen-bond donors (Lipinski definition) is 2. The number of hydrogen-bond acceptors (Lipinski definition) is 3. The molecular formula is C16H18FNO3S. The van der Waals surface area contributed by atoms with Crippen molar-refractivity contribution < 1.29 is 17.9 Å². The summed E-state index contributed by atoms with van der Waals surface area (Å²) >= 11 is 0. The number of aliphatic hydroxyl groups is 1. The number of rotatable bonds is 6. The molecule has 0 amide bonds. The van der Waals surface area contributed by atoms with Gasteiger partial charge in [0.1, 0.15) is 10.7 Å². The van der Waals surface area contributed by atoms with Crippen molar-refractivity contribution in [1.82, 2.24) is 4.72 Å². The van der Waals surface area contributed by atoms with E-state index in [0.717, 1.165) is 17.2 Å². The monoisotopic (exact) mass is 323 g/mol. The Morgan fingerprint density at radius 2 is 1.73 bits per heavy atom. The highest BCUT2D eigenvalue weighted by molar-refractivity contribution is 7.89. The fourth-order valence-electron chi connectivity index (χ4n) is 2.04. The van der Waals surface area contributed by atoms with Crippen molar-refractivity contribution in [2.24, 2.45) is 0 Å². The second-order valence-electron chi connectivity index (χ2n) is 5.06. The van der Waals surface area contributed by atoms with Crippen molar-refractivity contribution in [2.75, 3.05) is 6.54 Å². The first-order valence-corrected chi connectivity index (χ1v) is 8.35. The van der Waals surface area contributed by atoms with Crippen LogP contribution in [0.4, 0.5) is 4.39 Å². The molecule has 0 heterocycles. The normalized spacial score (nSPS) is 11.6. The molecule has 2 rings (SSSR count). The van der Waals surface area contributed by atoms with E-state index in [1.54, 1.807) is 19.1 Å². The first-order chi connectivity index (χ1) is 10.4. The van der Waals surface area contributed by atoms with Crippen LogP contribution in [0, 0.1) is 12.7 Å². The predicted molar refractivity (Wildman–Crippen MR) is 82.4 cm³/mol. The van der Waals surface area contributed by atoms with E-state index in [2.05, 4.69) is 4.72 Å². The van der Waals surface area contributed by atoms with Crippen LogP contribution in [0.2, 0.25) is 0 Å². The van der Waals surface area contributed by atoms with Crippen molar-refractivity contribution in [3.8, 4) is 0 Å². The molecule has 22 heavy (non-hydrogen) atoms. The van der Waals surface area contributed by atoms with Crippen LogP contribution in [0.15, 0.2) is 47.4 Å². The molecule has 0 bridgehead atoms. The van der Waals surface area contributed by atoms with E-state index in [1.165, 1.54) is 12.1 Å². The molecule has 0 aliphatic rings. The Labute approximate surface area is 129 Å². The first-order valence-electron chi connectivity index (χ1n) is 6.87. The summed E-state index contributed by atoms with van der Waals surface area (Å²) < 4.78 is 40.3. The van der Waals surface area contributed by atoms with Gasteiger partial charge in [0.2, 0.25) is 10.0 Å². The summed E-state index contributed by atoms with van der Waals surface area (Å²) in [5.74, 6) is -0.759. The molecule has 2 aromatic carbocycles. The van der Waals surface area contributed by atoms with E-state index in [4.69, 9.17) is 5.11 Å². The maximum atomic E-state index is 13.7. The standard InChI is InChI=1S/C16H18FNO3S/c1-12-2-7-15(17)16(10-12)22(20,21)18-9-8-13-3-5-14(11-19)6-4-13/h2-7,10,18-19H,8-9,11H2,1H3. The van der Waals surface area contributed by atoms with E-state index < -0.39 is 15.8 Å². The predicted octanol–water partition coefficient (Wildman–Crippen LogP) is 2.15. The van der Waals surface area contributed by atoms with Crippen LogP contribution >= 0.6 is 0 Å². The highest BCUT2D eigenvalue weighted by Gasteiger charge is 2.18. The maximum absolute atomic E-state index is 13.7. The highest BCUT2D eigenvalue weighted by atomic mass is 32.2. The van der Waals surface area contributed by atoms with Gasteiger partial charge in [-0.05, 0) is 42.2 Å². The number of nitrogens with one attached hydrogen (secondary N) is 1. The Kier molecular flexibility index (Phi) is 5.28. The molecule has 0 radical (unpaired) electrons. The summed E-state index contributed by atoms with van der Waals surface area (Å²) in [7, 11) is -3.86. The van der Waals surface area contributed by atoms with Crippen molar-refractivity contribution in [3.05, 3.63) is 65.0 Å². The van der Waals surface area contributed by atoms with Crippen LogP contribution < -0.4 is 4.72 Å². The van der Waals surface area contributed by atoms with Gasteiger partial charge < -0.3 is 5.11 Å². The molecule has 6 heteroatoms. The van der Waals surface area contributed by atoms with Crippen LogP contribution in [0.25, 0.3) is 0 Å². The molecule has 2 aromatic rings. The lowest BCUT2D eigenvalue weighted by Gasteiger charge is -2.09. The Balaban J connectivity index is 2.01. The molecule has 0 atom stereocenters. The van der Waals surface area contributed by atoms with E-state index >= 15 is 0 Å². The number of benzene rings is 2. The minimum absolute atomic E-state index is 0.0282. The Morgan fingerprint density at radius 1 is 1.09 bits per heavy atom. The van der Waals surface area contributed by atoms with Gasteiger partial charge in [0.25, 0.3) is 0 Å². The topological polar surface area (TPSA) is 66.4 Å². The van der Waals surface area contributed by atoms with Gasteiger partial charge in [0.05, 0.1) is 6.61 Å². The fraction of sp³-hybridized carbons (Fsp3) is 0.250. The minimum Gasteiger partial charge on any atom is -0.392 e. The SMILES string of the molecule is Cc1ccc(F)c(S(=O)(=O)NCCc2ccc(CO)cc2)c1. The zero-order chi connectivity index (χ0) is 16.2. The molecule has 4 nitrogen and oxygen atoms in total. The smallest absolute Gasteiger partial charge is 0.243 e. The Hall–Kier alpha value is -1.76. The fourth-order valence-corrected chi connectivity index (χ4v) is 3.23. The van der Waals surface area contributed by atoms with E-state index in [0.29, 0.717) is 12.0 Å². The zero-order valence-electron chi connectivity index (χ0n) is 12.2. The lowest BCUT2D eigenvalue weighted by molar-refractivity contribution is 0.282. The summed E-state index contributed by atoms with van der Waals surface area (Å²) in [5.41, 5.74) is 2.41. The summed E-state index contributed by atoms with van der Waals surface area (Å²) in [6.07, 6.45) is 0.484. The van der Waals surface area contributed by atoms with Gasteiger partial charge in [-0.3, -0.25) is 0 Å². The number of halogens is 1. The van der Waals surface area contributed by atoms with E-state index in [-0.39, 0.29) is 18.0 Å². The number of sulfonamides is 1. The van der Waals surface area contributed by atoms with Crippen LogP contribution in [0.5, 0.6) is 0 Å². The van der Waals surface area contributed by atoms with Crippen LogP contribution in [-0.2, 0) is 23.1 Å². The lowest BCUT2D eigenvalue weighted by atomic mass is 10.1. The highest BCUT2D eigenvalue weighted by Crippen LogP contribution is 2.16. The Bertz CT molecular complexity index is 742. The molecule has 0 aromatic heterocycles. The van der Waals surface area contributed by atoms with Gasteiger partial charge in [-0.15, -0.1) is 0 Å². The minimum atomic E-state index is -3.86. The van der Waals surface area contributed by atoms with E-state index in [9.17, 15) is 12.8 Å². The molecule has 0 fully saturated rings. The van der Waals surface area contributed by atoms with Crippen LogP contribution in [0.1, 0.15) is 16.7 Å². The molecule has 118 valence electrons. The van der Waals surface area contributed by atoms with Crippen molar-refractivity contribution in [2.45, 2.75) is 24.8 Å². The molecule has 0 saturated carbocycles. The lowest BCUT2D eigenvalue weighted by Crippen LogP contribution is -2.26. The van der Waals surface area contributed by atoms with Gasteiger partial charge in [-0.1, -0.05) is 30.3 Å². The third kappa shape index (κ3) is 4.13. The molecule has 0 aliphatic heterocycles. The summed E-state index contributed by atoms with van der Waals surface area (Å²) in [4.78, 5) is -0.330. The largest absolute Gasteiger partial charge is 0.392 e. The quantitative estimate of drug-likeness (QED) is 0.856. The van der Waals surface area contributed by atoms with Crippen molar-refractivity contribution in [3.63, 3.8) is 0 Å². The van der Waals surface area contributed by atoms with E-state index in [1.807, 2.05) is 12.1 Å².